The average Bonchev–Trinajstić information content (AvgIpc) is 2.98. The van der Waals surface area contributed by atoms with Crippen molar-refractivity contribution in [1.29, 1.82) is 0 Å². The Balaban J connectivity index is 2.13. The van der Waals surface area contributed by atoms with Crippen LogP contribution in [-0.2, 0) is 0 Å². The fraction of sp³-hybridized carbons (Fsp3) is 0. The number of para-hydroxylation sites is 1. The summed E-state index contributed by atoms with van der Waals surface area (Å²) in [5, 5.41) is 10.9. The number of halogens is 1. The Kier molecular flexibility index (Phi) is 2.19. The van der Waals surface area contributed by atoms with Gasteiger partial charge in [-0.3, -0.25) is 4.79 Å². The molecule has 0 atom stereocenters. The first-order valence-electron chi connectivity index (χ1n) is 4.84. The predicted octanol–water partition coefficient (Wildman–Crippen LogP) is 2.44. The molecule has 5 nitrogen and oxygen atoms in total. The number of hydrogen-bond acceptors (Lipinski definition) is 4. The molecule has 0 spiro atoms. The van der Waals surface area contributed by atoms with Gasteiger partial charge in [0, 0.05) is 5.39 Å². The van der Waals surface area contributed by atoms with Gasteiger partial charge in [0.15, 0.2) is 17.0 Å². The van der Waals surface area contributed by atoms with Gasteiger partial charge in [0.2, 0.25) is 5.78 Å². The smallest absolute Gasteiger partial charge is 0.250 e. The lowest BCUT2D eigenvalue weighted by Gasteiger charge is -1.90. The number of fused-ring (bicyclic) bond motifs is 1. The van der Waals surface area contributed by atoms with E-state index in [2.05, 4.69) is 15.4 Å². The van der Waals surface area contributed by atoms with Gasteiger partial charge < -0.3 is 4.42 Å². The maximum atomic E-state index is 11.9. The molecule has 17 heavy (non-hydrogen) atoms. The van der Waals surface area contributed by atoms with E-state index in [0.717, 1.165) is 5.39 Å². The second-order valence-electron chi connectivity index (χ2n) is 3.45. The van der Waals surface area contributed by atoms with Crippen molar-refractivity contribution >= 4 is 28.4 Å². The van der Waals surface area contributed by atoms with Crippen LogP contribution in [0.25, 0.3) is 11.0 Å². The lowest BCUT2D eigenvalue weighted by Crippen LogP contribution is -1.99. The maximum absolute atomic E-state index is 11.9. The van der Waals surface area contributed by atoms with Crippen LogP contribution in [-0.4, -0.2) is 21.2 Å². The molecule has 0 radical (unpaired) electrons. The Bertz CT molecular complexity index is 688. The van der Waals surface area contributed by atoms with Gasteiger partial charge in [0.25, 0.3) is 0 Å². The monoisotopic (exact) mass is 247 g/mol. The van der Waals surface area contributed by atoms with Crippen LogP contribution in [0, 0.1) is 0 Å². The number of nitrogens with one attached hydrogen (secondary N) is 1. The van der Waals surface area contributed by atoms with Crippen LogP contribution in [0.15, 0.2) is 34.9 Å². The van der Waals surface area contributed by atoms with Gasteiger partial charge in [-0.05, 0) is 12.1 Å². The number of hydrogen-bond donors (Lipinski definition) is 1. The Morgan fingerprint density at radius 3 is 3.00 bits per heavy atom. The zero-order valence-corrected chi connectivity index (χ0v) is 9.23. The van der Waals surface area contributed by atoms with Crippen molar-refractivity contribution in [1.82, 2.24) is 15.4 Å². The number of rotatable bonds is 2. The van der Waals surface area contributed by atoms with Gasteiger partial charge in [-0.15, -0.1) is 0 Å². The standard InChI is InChI=1S/C11H6ClN3O2/c12-7-3-1-2-6-4-9(17-11(6)7)10(16)8-5-13-15-14-8/h1-5H,(H,13,14,15). The van der Waals surface area contributed by atoms with Crippen LogP contribution in [0.2, 0.25) is 5.02 Å². The number of benzene rings is 1. The molecule has 6 heteroatoms. The number of aromatic amines is 1. The normalized spacial score (nSPS) is 10.9. The molecule has 1 aromatic carbocycles. The number of H-pyrrole nitrogens is 1. The first-order chi connectivity index (χ1) is 8.25. The van der Waals surface area contributed by atoms with Crippen LogP contribution in [0.3, 0.4) is 0 Å². The molecule has 0 bridgehead atoms. The number of aromatic nitrogens is 3. The molecule has 0 saturated carbocycles. The van der Waals surface area contributed by atoms with E-state index < -0.39 is 0 Å². The highest BCUT2D eigenvalue weighted by molar-refractivity contribution is 6.35. The fourth-order valence-corrected chi connectivity index (χ4v) is 1.80. The van der Waals surface area contributed by atoms with Gasteiger partial charge in [-0.25, -0.2) is 0 Å². The third-order valence-corrected chi connectivity index (χ3v) is 2.67. The Labute approximate surface area is 100 Å². The van der Waals surface area contributed by atoms with Crippen LogP contribution >= 0.6 is 11.6 Å². The highest BCUT2D eigenvalue weighted by Gasteiger charge is 2.17. The lowest BCUT2D eigenvalue weighted by molar-refractivity contribution is 0.101. The molecule has 0 amide bonds. The molecule has 1 N–H and O–H groups in total. The van der Waals surface area contributed by atoms with Gasteiger partial charge >= 0.3 is 0 Å². The van der Waals surface area contributed by atoms with Crippen molar-refractivity contribution in [3.05, 3.63) is 46.9 Å². The highest BCUT2D eigenvalue weighted by atomic mass is 35.5. The summed E-state index contributed by atoms with van der Waals surface area (Å²) in [5.74, 6) is -0.131. The van der Waals surface area contributed by atoms with Gasteiger partial charge in [-0.2, -0.15) is 15.4 Å². The third kappa shape index (κ3) is 1.60. The molecule has 3 aromatic rings. The van der Waals surface area contributed by atoms with Crippen molar-refractivity contribution < 1.29 is 9.21 Å². The van der Waals surface area contributed by atoms with E-state index in [9.17, 15) is 4.79 Å². The molecule has 84 valence electrons. The molecule has 0 unspecified atom stereocenters. The predicted molar refractivity (Wildman–Crippen MR) is 61.0 cm³/mol. The lowest BCUT2D eigenvalue weighted by atomic mass is 10.2. The molecule has 3 rings (SSSR count). The number of furan rings is 1. The Morgan fingerprint density at radius 2 is 2.29 bits per heavy atom. The van der Waals surface area contributed by atoms with Gasteiger partial charge in [-0.1, -0.05) is 23.7 Å². The minimum Gasteiger partial charge on any atom is -0.451 e. The number of carbonyl (C=O) groups is 1. The molecule has 2 aromatic heterocycles. The molecular formula is C11H6ClN3O2. The largest absolute Gasteiger partial charge is 0.451 e. The number of ketones is 1. The van der Waals surface area contributed by atoms with Crippen molar-refractivity contribution in [3.8, 4) is 0 Å². The van der Waals surface area contributed by atoms with Gasteiger partial charge in [0.05, 0.1) is 11.2 Å². The highest BCUT2D eigenvalue weighted by Crippen LogP contribution is 2.27. The van der Waals surface area contributed by atoms with Crippen LogP contribution in [0.1, 0.15) is 16.2 Å². The average molecular weight is 248 g/mol. The SMILES string of the molecule is O=C(c1cn[nH]n1)c1cc2cccc(Cl)c2o1. The Hall–Kier alpha value is -2.14. The third-order valence-electron chi connectivity index (χ3n) is 2.37. The molecule has 0 fully saturated rings. The summed E-state index contributed by atoms with van der Waals surface area (Å²) in [5.41, 5.74) is 0.709. The van der Waals surface area contributed by atoms with Gasteiger partial charge in [0.1, 0.15) is 0 Å². The summed E-state index contributed by atoms with van der Waals surface area (Å²) >= 11 is 5.96. The van der Waals surface area contributed by atoms with Crippen molar-refractivity contribution in [2.45, 2.75) is 0 Å². The molecule has 0 aliphatic carbocycles. The minimum atomic E-state index is -0.328. The molecule has 0 aliphatic heterocycles. The second-order valence-corrected chi connectivity index (χ2v) is 3.86. The zero-order valence-electron chi connectivity index (χ0n) is 8.48. The number of carbonyl (C=O) groups excluding carboxylic acids is 1. The van der Waals surface area contributed by atoms with Crippen molar-refractivity contribution in [3.63, 3.8) is 0 Å². The quantitative estimate of drug-likeness (QED) is 0.706. The number of nitrogens with zero attached hydrogens (tertiary/aromatic N) is 2. The van der Waals surface area contributed by atoms with Crippen LogP contribution in [0.4, 0.5) is 0 Å². The van der Waals surface area contributed by atoms with E-state index in [4.69, 9.17) is 16.0 Å². The maximum Gasteiger partial charge on any atom is 0.250 e. The summed E-state index contributed by atoms with van der Waals surface area (Å²) in [4.78, 5) is 11.9. The summed E-state index contributed by atoms with van der Waals surface area (Å²) in [6.07, 6.45) is 1.34. The second kappa shape index (κ2) is 3.71. The van der Waals surface area contributed by atoms with Crippen molar-refractivity contribution in [2.24, 2.45) is 0 Å². The summed E-state index contributed by atoms with van der Waals surface area (Å²) in [6, 6.07) is 6.96. The Morgan fingerprint density at radius 1 is 1.41 bits per heavy atom. The van der Waals surface area contributed by atoms with Crippen LogP contribution in [0.5, 0.6) is 0 Å². The minimum absolute atomic E-state index is 0.196. The van der Waals surface area contributed by atoms with E-state index in [-0.39, 0.29) is 17.2 Å². The molecular weight excluding hydrogens is 242 g/mol. The molecule has 0 aliphatic rings. The van der Waals surface area contributed by atoms with E-state index in [0.29, 0.717) is 10.6 Å². The van der Waals surface area contributed by atoms with E-state index >= 15 is 0 Å². The van der Waals surface area contributed by atoms with E-state index in [1.807, 2.05) is 6.07 Å². The topological polar surface area (TPSA) is 71.8 Å². The fourth-order valence-electron chi connectivity index (χ4n) is 1.58. The van der Waals surface area contributed by atoms with E-state index in [1.54, 1.807) is 18.2 Å². The summed E-state index contributed by atoms with van der Waals surface area (Å²) in [7, 11) is 0. The first kappa shape index (κ1) is 10.0. The van der Waals surface area contributed by atoms with E-state index in [1.165, 1.54) is 6.20 Å². The first-order valence-corrected chi connectivity index (χ1v) is 5.22. The van der Waals surface area contributed by atoms with Crippen molar-refractivity contribution in [2.75, 3.05) is 0 Å². The molecule has 2 heterocycles. The summed E-state index contributed by atoms with van der Waals surface area (Å²) < 4.78 is 5.42. The zero-order chi connectivity index (χ0) is 11.8. The van der Waals surface area contributed by atoms with Crippen LogP contribution < -0.4 is 0 Å². The summed E-state index contributed by atoms with van der Waals surface area (Å²) in [6.45, 7) is 0. The molecule has 0 saturated heterocycles.